The van der Waals surface area contributed by atoms with Gasteiger partial charge in [-0.15, -0.1) is 0 Å². The van der Waals surface area contributed by atoms with Crippen LogP contribution in [0.15, 0.2) is 63.1 Å². The molecule has 4 rings (SSSR count). The predicted molar refractivity (Wildman–Crippen MR) is 99.0 cm³/mol. The molecule has 0 amide bonds. The maximum Gasteiger partial charge on any atom is 0.266 e. The summed E-state index contributed by atoms with van der Waals surface area (Å²) in [6.45, 7) is 0.432. The average molecular weight is 389 g/mol. The van der Waals surface area contributed by atoms with Crippen LogP contribution in [0.1, 0.15) is 0 Å². The van der Waals surface area contributed by atoms with Gasteiger partial charge in [-0.1, -0.05) is 35.5 Å². The first-order valence-corrected chi connectivity index (χ1v) is 9.11. The Labute approximate surface area is 157 Å². The van der Waals surface area contributed by atoms with Gasteiger partial charge in [-0.05, 0) is 24.3 Å². The highest BCUT2D eigenvalue weighted by atomic mass is 35.5. The number of halogens is 1. The van der Waals surface area contributed by atoms with Gasteiger partial charge in [0.05, 0.1) is 17.9 Å². The van der Waals surface area contributed by atoms with E-state index in [1.165, 1.54) is 17.8 Å². The van der Waals surface area contributed by atoms with Gasteiger partial charge in [-0.3, -0.25) is 9.89 Å². The highest BCUT2D eigenvalue weighted by molar-refractivity contribution is 7.99. The Kier molecular flexibility index (Phi) is 4.68. The number of hydrogen-bond donors (Lipinski definition) is 1. The lowest BCUT2D eigenvalue weighted by molar-refractivity contribution is 0.344. The van der Waals surface area contributed by atoms with Crippen LogP contribution in [-0.4, -0.2) is 31.9 Å². The van der Waals surface area contributed by atoms with E-state index >= 15 is 0 Å². The Morgan fingerprint density at radius 1 is 1.23 bits per heavy atom. The third-order valence-electron chi connectivity index (χ3n) is 3.47. The van der Waals surface area contributed by atoms with Crippen LogP contribution in [0.3, 0.4) is 0 Å². The number of nitrogens with one attached hydrogen (secondary N) is 1. The fraction of sp³-hybridized carbons (Fsp3) is 0.118. The summed E-state index contributed by atoms with van der Waals surface area (Å²) >= 11 is 7.50. The quantitative estimate of drug-likeness (QED) is 0.402. The molecule has 0 unspecified atom stereocenters. The molecule has 0 aliphatic heterocycles. The van der Waals surface area contributed by atoms with Crippen molar-refractivity contribution in [2.24, 2.45) is 0 Å². The van der Waals surface area contributed by atoms with E-state index in [1.54, 1.807) is 29.0 Å². The number of hydrogen-bond acceptors (Lipinski definition) is 6. The van der Waals surface area contributed by atoms with Crippen LogP contribution in [0.2, 0.25) is 5.02 Å². The number of aromatic nitrogens is 4. The van der Waals surface area contributed by atoms with Crippen LogP contribution in [0.5, 0.6) is 5.75 Å². The topological polar surface area (TPSA) is 85.4 Å². The van der Waals surface area contributed by atoms with E-state index in [0.29, 0.717) is 45.5 Å². The number of benzene rings is 1. The third kappa shape index (κ3) is 3.47. The zero-order chi connectivity index (χ0) is 17.9. The Balaban J connectivity index is 1.53. The van der Waals surface area contributed by atoms with Gasteiger partial charge in [0, 0.05) is 11.8 Å². The molecule has 0 aliphatic rings. The number of thioether (sulfide) groups is 1. The van der Waals surface area contributed by atoms with Gasteiger partial charge >= 0.3 is 0 Å². The normalized spacial score (nSPS) is 11.1. The second-order valence-electron chi connectivity index (χ2n) is 5.25. The Morgan fingerprint density at radius 3 is 2.92 bits per heavy atom. The number of rotatable bonds is 6. The number of H-pyrrole nitrogens is 1. The molecule has 0 fully saturated rings. The van der Waals surface area contributed by atoms with E-state index in [-0.39, 0.29) is 5.56 Å². The zero-order valence-corrected chi connectivity index (χ0v) is 15.0. The molecule has 3 heterocycles. The molecule has 0 saturated heterocycles. The van der Waals surface area contributed by atoms with Crippen molar-refractivity contribution in [1.29, 1.82) is 0 Å². The van der Waals surface area contributed by atoms with E-state index in [4.69, 9.17) is 20.8 Å². The number of fused-ring (bicyclic) bond motifs is 1. The predicted octanol–water partition coefficient (Wildman–Crippen LogP) is 3.50. The Hall–Kier alpha value is -2.71. The average Bonchev–Trinajstić information content (AvgIpc) is 3.28. The van der Waals surface area contributed by atoms with Gasteiger partial charge < -0.3 is 9.15 Å². The van der Waals surface area contributed by atoms with E-state index in [1.807, 2.05) is 18.2 Å². The summed E-state index contributed by atoms with van der Waals surface area (Å²) in [4.78, 5) is 20.5. The van der Waals surface area contributed by atoms with Crippen molar-refractivity contribution in [3.05, 3.63) is 64.1 Å². The monoisotopic (exact) mass is 388 g/mol. The van der Waals surface area contributed by atoms with Gasteiger partial charge in [0.2, 0.25) is 0 Å². The maximum atomic E-state index is 11.7. The molecule has 0 saturated carbocycles. The van der Waals surface area contributed by atoms with E-state index in [0.717, 1.165) is 0 Å². The zero-order valence-electron chi connectivity index (χ0n) is 13.4. The first-order valence-electron chi connectivity index (χ1n) is 7.74. The number of aromatic amines is 1. The molecule has 132 valence electrons. The second-order valence-corrected chi connectivity index (χ2v) is 6.72. The van der Waals surface area contributed by atoms with E-state index in [2.05, 4.69) is 15.1 Å². The smallest absolute Gasteiger partial charge is 0.266 e. The SMILES string of the molecule is O=c1cc2nc(-c3ccco3)nc(SCCOc3ccccc3Cl)n2[nH]1. The van der Waals surface area contributed by atoms with Crippen molar-refractivity contribution in [3.63, 3.8) is 0 Å². The summed E-state index contributed by atoms with van der Waals surface area (Å²) in [6.07, 6.45) is 1.55. The third-order valence-corrected chi connectivity index (χ3v) is 4.69. The summed E-state index contributed by atoms with van der Waals surface area (Å²) < 4.78 is 12.6. The Morgan fingerprint density at radius 2 is 2.12 bits per heavy atom. The van der Waals surface area contributed by atoms with Crippen LogP contribution in [-0.2, 0) is 0 Å². The first kappa shape index (κ1) is 16.7. The van der Waals surface area contributed by atoms with Gasteiger partial charge in [-0.25, -0.2) is 9.50 Å². The highest BCUT2D eigenvalue weighted by Crippen LogP contribution is 2.24. The number of nitrogens with zero attached hydrogens (tertiary/aromatic N) is 3. The molecule has 26 heavy (non-hydrogen) atoms. The molecule has 0 spiro atoms. The lowest BCUT2D eigenvalue weighted by Crippen LogP contribution is -2.06. The standard InChI is InChI=1S/C17H13ClN4O3S/c18-11-4-1-2-5-12(11)25-8-9-26-17-20-16(13-6-3-7-24-13)19-14-10-15(23)21-22(14)17/h1-7,10H,8-9H2,(H,21,23). The second kappa shape index (κ2) is 7.27. The molecule has 7 nitrogen and oxygen atoms in total. The summed E-state index contributed by atoms with van der Waals surface area (Å²) in [5, 5.41) is 3.85. The molecular weight excluding hydrogens is 376 g/mol. The Bertz CT molecular complexity index is 1090. The maximum absolute atomic E-state index is 11.7. The van der Waals surface area contributed by atoms with Crippen molar-refractivity contribution < 1.29 is 9.15 Å². The number of ether oxygens (including phenoxy) is 1. The minimum absolute atomic E-state index is 0.245. The van der Waals surface area contributed by atoms with Crippen LogP contribution < -0.4 is 10.3 Å². The van der Waals surface area contributed by atoms with Crippen LogP contribution >= 0.6 is 23.4 Å². The van der Waals surface area contributed by atoms with Crippen molar-refractivity contribution in [1.82, 2.24) is 19.6 Å². The van der Waals surface area contributed by atoms with E-state index < -0.39 is 0 Å². The van der Waals surface area contributed by atoms with Gasteiger partial charge in [0.1, 0.15) is 5.75 Å². The molecular formula is C17H13ClN4O3S. The van der Waals surface area contributed by atoms with E-state index in [9.17, 15) is 4.79 Å². The lowest BCUT2D eigenvalue weighted by atomic mass is 10.3. The molecule has 0 radical (unpaired) electrons. The summed E-state index contributed by atoms with van der Waals surface area (Å²) in [5.41, 5.74) is 0.232. The van der Waals surface area contributed by atoms with Crippen molar-refractivity contribution >= 4 is 29.0 Å². The molecule has 1 N–H and O–H groups in total. The largest absolute Gasteiger partial charge is 0.491 e. The summed E-state index contributed by atoms with van der Waals surface area (Å²) in [5.74, 6) is 2.20. The van der Waals surface area contributed by atoms with Gasteiger partial charge in [-0.2, -0.15) is 4.98 Å². The molecule has 0 aliphatic carbocycles. The van der Waals surface area contributed by atoms with Crippen molar-refractivity contribution in [3.8, 4) is 17.3 Å². The summed E-state index contributed by atoms with van der Waals surface area (Å²) in [7, 11) is 0. The fourth-order valence-corrected chi connectivity index (χ4v) is 3.30. The molecule has 1 aromatic carbocycles. The molecule has 4 aromatic rings. The van der Waals surface area contributed by atoms with Gasteiger partial charge in [0.15, 0.2) is 22.4 Å². The molecule has 0 bridgehead atoms. The van der Waals surface area contributed by atoms with Gasteiger partial charge in [0.25, 0.3) is 5.56 Å². The van der Waals surface area contributed by atoms with Crippen molar-refractivity contribution in [2.75, 3.05) is 12.4 Å². The fourth-order valence-electron chi connectivity index (χ4n) is 2.34. The first-order chi connectivity index (χ1) is 12.7. The molecule has 0 atom stereocenters. The number of para-hydroxylation sites is 1. The minimum Gasteiger partial charge on any atom is -0.491 e. The summed E-state index contributed by atoms with van der Waals surface area (Å²) in [6, 6.07) is 12.2. The van der Waals surface area contributed by atoms with Crippen LogP contribution in [0.4, 0.5) is 0 Å². The molecule has 9 heteroatoms. The van der Waals surface area contributed by atoms with Crippen LogP contribution in [0.25, 0.3) is 17.2 Å². The molecule has 3 aromatic heterocycles. The van der Waals surface area contributed by atoms with Crippen LogP contribution in [0, 0.1) is 0 Å². The lowest BCUT2D eigenvalue weighted by Gasteiger charge is -2.08. The van der Waals surface area contributed by atoms with Crippen molar-refractivity contribution in [2.45, 2.75) is 5.16 Å². The number of furan rings is 1. The highest BCUT2D eigenvalue weighted by Gasteiger charge is 2.13. The minimum atomic E-state index is -0.245.